The molecule has 0 heterocycles. The third-order valence-corrected chi connectivity index (χ3v) is 12.1. The molecule has 0 fully saturated rings. The molecule has 0 atom stereocenters. The van der Waals surface area contributed by atoms with Gasteiger partial charge in [0.1, 0.15) is 5.82 Å². The Morgan fingerprint density at radius 2 is 1.09 bits per heavy atom. The van der Waals surface area contributed by atoms with Crippen molar-refractivity contribution in [3.8, 4) is 22.3 Å². The highest BCUT2D eigenvalue weighted by molar-refractivity contribution is 6.10. The van der Waals surface area contributed by atoms with Gasteiger partial charge in [-0.25, -0.2) is 4.39 Å². The van der Waals surface area contributed by atoms with E-state index in [1.807, 2.05) is 57.2 Å². The smallest absolute Gasteiger partial charge is 0.124 e. The first-order valence-corrected chi connectivity index (χ1v) is 22.6. The fourth-order valence-corrected chi connectivity index (χ4v) is 8.94. The number of halogens is 1. The van der Waals surface area contributed by atoms with Gasteiger partial charge in [0.15, 0.2) is 0 Å². The minimum Gasteiger partial charge on any atom is -0.310 e. The fraction of sp³-hybridized carbons (Fsp3) is 0.161. The third-order valence-electron chi connectivity index (χ3n) is 12.1. The number of allylic oxidation sites excluding steroid dienone is 6. The number of anilines is 3. The van der Waals surface area contributed by atoms with Crippen LogP contribution >= 0.6 is 0 Å². The van der Waals surface area contributed by atoms with Gasteiger partial charge in [0.2, 0.25) is 0 Å². The molecule has 0 aliphatic heterocycles. The summed E-state index contributed by atoms with van der Waals surface area (Å²) >= 11 is 0. The van der Waals surface area contributed by atoms with Crippen LogP contribution in [0.4, 0.5) is 21.5 Å². The average molecular weight is 838 g/mol. The molecule has 8 aromatic carbocycles. The molecule has 2 aliphatic rings. The molecule has 0 radical (unpaired) electrons. The maximum absolute atomic E-state index is 13.1. The van der Waals surface area contributed by atoms with Gasteiger partial charge in [-0.15, -0.1) is 0 Å². The fourth-order valence-electron chi connectivity index (χ4n) is 8.94. The largest absolute Gasteiger partial charge is 0.310 e. The first-order valence-electron chi connectivity index (χ1n) is 22.6. The SMILES string of the molecule is CC.CC1=C(c2ccccc2C)CC=CC=C1.Cc1cc(F)cc(-c2ccccc2)c1.Cc1ccc2c(c1)C(C)(C)c1cc(N(c3ccccc3)c3ccccc3)c3ccccc3c1-2. The number of para-hydroxylation sites is 2. The lowest BCUT2D eigenvalue weighted by molar-refractivity contribution is 0.627. The van der Waals surface area contributed by atoms with E-state index in [1.165, 1.54) is 72.6 Å². The normalized spacial score (nSPS) is 13.0. The van der Waals surface area contributed by atoms with Crippen LogP contribution in [-0.4, -0.2) is 0 Å². The molecule has 0 amide bonds. The van der Waals surface area contributed by atoms with Crippen molar-refractivity contribution in [3.63, 3.8) is 0 Å². The minimum atomic E-state index is -0.177. The highest BCUT2D eigenvalue weighted by Gasteiger charge is 2.37. The van der Waals surface area contributed by atoms with E-state index < -0.39 is 0 Å². The summed E-state index contributed by atoms with van der Waals surface area (Å²) in [6, 6.07) is 63.1. The predicted octanol–water partition coefficient (Wildman–Crippen LogP) is 18.0. The van der Waals surface area contributed by atoms with Crippen LogP contribution in [0.5, 0.6) is 0 Å². The second-order valence-electron chi connectivity index (χ2n) is 16.9. The Labute approximate surface area is 381 Å². The molecule has 0 N–H and O–H groups in total. The first-order chi connectivity index (χ1) is 31.1. The van der Waals surface area contributed by atoms with E-state index in [1.54, 1.807) is 6.07 Å². The number of hydrogen-bond acceptors (Lipinski definition) is 1. The van der Waals surface area contributed by atoms with Gasteiger partial charge in [0.05, 0.1) is 5.69 Å². The van der Waals surface area contributed by atoms with E-state index in [9.17, 15) is 4.39 Å². The number of rotatable bonds is 5. The average Bonchev–Trinajstić information content (AvgIpc) is 3.40. The zero-order valence-electron chi connectivity index (χ0n) is 38.7. The molecule has 2 aliphatic carbocycles. The van der Waals surface area contributed by atoms with Crippen LogP contribution in [0, 0.1) is 26.6 Å². The van der Waals surface area contributed by atoms with E-state index in [0.717, 1.165) is 34.5 Å². The second kappa shape index (κ2) is 20.4. The van der Waals surface area contributed by atoms with Crippen molar-refractivity contribution in [2.45, 2.75) is 67.2 Å². The minimum absolute atomic E-state index is 0.0610. The molecule has 8 aromatic rings. The number of hydrogen-bond donors (Lipinski definition) is 0. The molecule has 0 saturated heterocycles. The van der Waals surface area contributed by atoms with Crippen molar-refractivity contribution in [2.75, 3.05) is 4.90 Å². The Hall–Kier alpha value is -7.03. The lowest BCUT2D eigenvalue weighted by atomic mass is 9.81. The number of fused-ring (bicyclic) bond motifs is 5. The molecular formula is C62H60FN. The Balaban J connectivity index is 0.000000163. The maximum Gasteiger partial charge on any atom is 0.124 e. The topological polar surface area (TPSA) is 3.24 Å². The quantitative estimate of drug-likeness (QED) is 0.167. The van der Waals surface area contributed by atoms with Gasteiger partial charge in [-0.05, 0) is 143 Å². The molecule has 0 spiro atoms. The Kier molecular flexibility index (Phi) is 14.4. The summed E-state index contributed by atoms with van der Waals surface area (Å²) in [6.07, 6.45) is 9.67. The zero-order valence-corrected chi connectivity index (χ0v) is 38.7. The molecule has 0 saturated carbocycles. The molecule has 0 aromatic heterocycles. The molecule has 10 rings (SSSR count). The zero-order chi connectivity index (χ0) is 45.2. The number of nitrogens with zero attached hydrogens (tertiary/aromatic N) is 1. The number of benzene rings is 8. The summed E-state index contributed by atoms with van der Waals surface area (Å²) in [7, 11) is 0. The molecule has 1 nitrogen and oxygen atoms in total. The summed E-state index contributed by atoms with van der Waals surface area (Å²) < 4.78 is 13.1. The van der Waals surface area contributed by atoms with Crippen molar-refractivity contribution in [2.24, 2.45) is 0 Å². The maximum atomic E-state index is 13.1. The summed E-state index contributed by atoms with van der Waals surface area (Å²) in [6.45, 7) is 17.2. The van der Waals surface area contributed by atoms with E-state index in [2.05, 4.69) is 197 Å². The van der Waals surface area contributed by atoms with Gasteiger partial charge < -0.3 is 4.90 Å². The Bertz CT molecular complexity index is 2880. The van der Waals surface area contributed by atoms with Crippen molar-refractivity contribution in [3.05, 3.63) is 251 Å². The molecule has 320 valence electrons. The second-order valence-corrected chi connectivity index (χ2v) is 16.9. The van der Waals surface area contributed by atoms with Gasteiger partial charge in [0.25, 0.3) is 0 Å². The van der Waals surface area contributed by atoms with Gasteiger partial charge in [0, 0.05) is 22.2 Å². The molecular weight excluding hydrogens is 778 g/mol. The highest BCUT2D eigenvalue weighted by atomic mass is 19.1. The lowest BCUT2D eigenvalue weighted by Gasteiger charge is -2.29. The van der Waals surface area contributed by atoms with Gasteiger partial charge >= 0.3 is 0 Å². The molecule has 0 unspecified atom stereocenters. The van der Waals surface area contributed by atoms with E-state index in [4.69, 9.17) is 0 Å². The summed E-state index contributed by atoms with van der Waals surface area (Å²) in [5.74, 6) is -0.177. The van der Waals surface area contributed by atoms with E-state index in [0.29, 0.717) is 0 Å². The van der Waals surface area contributed by atoms with Crippen molar-refractivity contribution in [1.29, 1.82) is 0 Å². The van der Waals surface area contributed by atoms with Crippen LogP contribution in [0.2, 0.25) is 0 Å². The van der Waals surface area contributed by atoms with Crippen molar-refractivity contribution in [1.82, 2.24) is 0 Å². The molecule has 2 heteroatoms. The molecule has 0 bridgehead atoms. The summed E-state index contributed by atoms with van der Waals surface area (Å²) in [5.41, 5.74) is 18.9. The third kappa shape index (κ3) is 9.78. The van der Waals surface area contributed by atoms with Crippen LogP contribution in [0.15, 0.2) is 212 Å². The Morgan fingerprint density at radius 1 is 0.500 bits per heavy atom. The lowest BCUT2D eigenvalue weighted by Crippen LogP contribution is -2.17. The van der Waals surface area contributed by atoms with E-state index >= 15 is 0 Å². The van der Waals surface area contributed by atoms with Crippen molar-refractivity contribution < 1.29 is 4.39 Å². The highest BCUT2D eigenvalue weighted by Crippen LogP contribution is 2.54. The van der Waals surface area contributed by atoms with Crippen molar-refractivity contribution >= 4 is 33.4 Å². The van der Waals surface area contributed by atoms with Crippen LogP contribution in [-0.2, 0) is 5.41 Å². The standard InChI is InChI=1S/C32H27N.C15H16.C13H11F.C2H6/c1-22-18-19-27-28(20-22)32(2,3)29-21-30(25-16-10-11-17-26(25)31(27)29)33(23-12-6-4-7-13-23)24-14-8-5-9-15-24;1-12-8-4-3-5-10-14(12)15-11-7-6-9-13(15)2;1-10-7-12(9-13(14)8-10)11-5-3-2-4-6-11;1-2/h4-21H,1-3H3;3-9,11H,10H2,1-2H3;2-9H,1H3;1-2H3. The van der Waals surface area contributed by atoms with Crippen LogP contribution < -0.4 is 4.90 Å². The predicted molar refractivity (Wildman–Crippen MR) is 276 cm³/mol. The van der Waals surface area contributed by atoms with Crippen LogP contribution in [0.25, 0.3) is 38.6 Å². The molecule has 64 heavy (non-hydrogen) atoms. The van der Waals surface area contributed by atoms with E-state index in [-0.39, 0.29) is 11.2 Å². The van der Waals surface area contributed by atoms with Crippen LogP contribution in [0.3, 0.4) is 0 Å². The Morgan fingerprint density at radius 3 is 1.73 bits per heavy atom. The number of aryl methyl sites for hydroxylation is 3. The monoisotopic (exact) mass is 837 g/mol. The van der Waals surface area contributed by atoms with Gasteiger partial charge in [-0.3, -0.25) is 0 Å². The summed E-state index contributed by atoms with van der Waals surface area (Å²) in [5, 5.41) is 2.59. The van der Waals surface area contributed by atoms with Crippen LogP contribution in [0.1, 0.15) is 74.4 Å². The van der Waals surface area contributed by atoms with Gasteiger partial charge in [-0.1, -0.05) is 197 Å². The summed E-state index contributed by atoms with van der Waals surface area (Å²) in [4.78, 5) is 2.40. The first kappa shape index (κ1) is 45.0. The van der Waals surface area contributed by atoms with Gasteiger partial charge in [-0.2, -0.15) is 0 Å².